The number of nitrogens with zero attached hydrogens (tertiary/aromatic N) is 3. The summed E-state index contributed by atoms with van der Waals surface area (Å²) >= 11 is 6.03. The highest BCUT2D eigenvalue weighted by atomic mass is 35.5. The van der Waals surface area contributed by atoms with Crippen LogP contribution in [0.25, 0.3) is 0 Å². The van der Waals surface area contributed by atoms with Gasteiger partial charge in [0.2, 0.25) is 0 Å². The van der Waals surface area contributed by atoms with E-state index in [1.807, 2.05) is 0 Å². The van der Waals surface area contributed by atoms with Crippen LogP contribution in [0.5, 0.6) is 0 Å². The van der Waals surface area contributed by atoms with Crippen LogP contribution < -0.4 is 4.90 Å². The van der Waals surface area contributed by atoms with Gasteiger partial charge in [-0.3, -0.25) is 4.79 Å². The number of aryl methyl sites for hydroxylation is 1. The topological polar surface area (TPSA) is 46.1 Å². The highest BCUT2D eigenvalue weighted by molar-refractivity contribution is 6.32. The normalized spacial score (nSPS) is 18.4. The number of halogens is 1. The van der Waals surface area contributed by atoms with Crippen LogP contribution in [0, 0.1) is 12.3 Å². The zero-order valence-corrected chi connectivity index (χ0v) is 12.5. The second-order valence-corrected chi connectivity index (χ2v) is 5.93. The number of aldehydes is 1. The molecule has 1 aliphatic rings. The summed E-state index contributed by atoms with van der Waals surface area (Å²) in [5.41, 5.74) is 0.816. The number of hydrogen-bond donors (Lipinski definition) is 0. The molecule has 0 amide bonds. The third kappa shape index (κ3) is 2.89. The Hall–Kier alpha value is -1.16. The summed E-state index contributed by atoms with van der Waals surface area (Å²) < 4.78 is 0. The van der Waals surface area contributed by atoms with E-state index in [1.54, 1.807) is 6.92 Å². The smallest absolute Gasteiger partial charge is 0.156 e. The second kappa shape index (κ2) is 5.45. The van der Waals surface area contributed by atoms with Crippen molar-refractivity contribution in [2.45, 2.75) is 40.0 Å². The zero-order valence-electron chi connectivity index (χ0n) is 11.7. The van der Waals surface area contributed by atoms with Gasteiger partial charge >= 0.3 is 0 Å². The van der Waals surface area contributed by atoms with E-state index < -0.39 is 0 Å². The maximum Gasteiger partial charge on any atom is 0.156 e. The van der Waals surface area contributed by atoms with Crippen molar-refractivity contribution in [3.63, 3.8) is 0 Å². The SMILES string of the molecule is CCC1(C)CCN(c2nc(C)nc(Cl)c2C=O)CC1. The van der Waals surface area contributed by atoms with E-state index in [1.165, 1.54) is 6.42 Å². The molecule has 104 valence electrons. The fourth-order valence-electron chi connectivity index (χ4n) is 2.49. The number of carbonyl (C=O) groups is 1. The third-order valence-electron chi connectivity index (χ3n) is 4.23. The van der Waals surface area contributed by atoms with Crippen molar-refractivity contribution < 1.29 is 4.79 Å². The van der Waals surface area contributed by atoms with E-state index in [2.05, 4.69) is 28.7 Å². The van der Waals surface area contributed by atoms with Gasteiger partial charge in [-0.1, -0.05) is 31.9 Å². The molecule has 0 saturated carbocycles. The first kappa shape index (κ1) is 14.3. The largest absolute Gasteiger partial charge is 0.356 e. The Morgan fingerprint density at radius 2 is 2.00 bits per heavy atom. The lowest BCUT2D eigenvalue weighted by molar-refractivity contribution is 0.112. The van der Waals surface area contributed by atoms with Crippen LogP contribution in [0.15, 0.2) is 0 Å². The molecule has 0 radical (unpaired) electrons. The van der Waals surface area contributed by atoms with E-state index in [9.17, 15) is 4.79 Å². The number of anilines is 1. The van der Waals surface area contributed by atoms with Crippen molar-refractivity contribution in [1.82, 2.24) is 9.97 Å². The van der Waals surface area contributed by atoms with Crippen LogP contribution in [-0.2, 0) is 0 Å². The van der Waals surface area contributed by atoms with Crippen LogP contribution in [0.3, 0.4) is 0 Å². The maximum atomic E-state index is 11.2. The van der Waals surface area contributed by atoms with E-state index in [0.717, 1.165) is 32.2 Å². The molecule has 0 atom stereocenters. The molecule has 1 fully saturated rings. The summed E-state index contributed by atoms with van der Waals surface area (Å²) in [5.74, 6) is 1.29. The van der Waals surface area contributed by atoms with Gasteiger partial charge in [-0.05, 0) is 25.2 Å². The average Bonchev–Trinajstić information content (AvgIpc) is 2.39. The Bertz CT molecular complexity index is 482. The summed E-state index contributed by atoms with van der Waals surface area (Å²) in [5, 5.41) is 0.251. The van der Waals surface area contributed by atoms with Gasteiger partial charge < -0.3 is 4.90 Å². The van der Waals surface area contributed by atoms with Crippen LogP contribution in [0.4, 0.5) is 5.82 Å². The summed E-state index contributed by atoms with van der Waals surface area (Å²) in [6.45, 7) is 8.18. The van der Waals surface area contributed by atoms with Crippen LogP contribution >= 0.6 is 11.6 Å². The van der Waals surface area contributed by atoms with Crippen molar-refractivity contribution in [3.05, 3.63) is 16.5 Å². The maximum absolute atomic E-state index is 11.2. The van der Waals surface area contributed by atoms with Crippen LogP contribution in [0.1, 0.15) is 49.3 Å². The Balaban J connectivity index is 2.26. The lowest BCUT2D eigenvalue weighted by Crippen LogP contribution is -2.39. The van der Waals surface area contributed by atoms with E-state index >= 15 is 0 Å². The van der Waals surface area contributed by atoms with Gasteiger partial charge in [0.15, 0.2) is 6.29 Å². The molecule has 0 spiro atoms. The number of rotatable bonds is 3. The molecule has 1 aromatic heterocycles. The minimum Gasteiger partial charge on any atom is -0.356 e. The van der Waals surface area contributed by atoms with Crippen molar-refractivity contribution in [1.29, 1.82) is 0 Å². The highest BCUT2D eigenvalue weighted by Crippen LogP contribution is 2.36. The zero-order chi connectivity index (χ0) is 14.0. The fourth-order valence-corrected chi connectivity index (χ4v) is 2.74. The number of aromatic nitrogens is 2. The minimum atomic E-state index is 0.251. The van der Waals surface area contributed by atoms with Crippen molar-refractivity contribution in [2.75, 3.05) is 18.0 Å². The first-order valence-electron chi connectivity index (χ1n) is 6.73. The molecule has 1 saturated heterocycles. The Morgan fingerprint density at radius 1 is 1.37 bits per heavy atom. The molecule has 1 aromatic rings. The van der Waals surface area contributed by atoms with E-state index in [0.29, 0.717) is 22.6 Å². The molecule has 0 aliphatic carbocycles. The number of hydrogen-bond acceptors (Lipinski definition) is 4. The Labute approximate surface area is 119 Å². The number of piperidine rings is 1. The molecule has 19 heavy (non-hydrogen) atoms. The molecule has 0 unspecified atom stereocenters. The molecule has 4 nitrogen and oxygen atoms in total. The quantitative estimate of drug-likeness (QED) is 0.630. The predicted molar refractivity (Wildman–Crippen MR) is 77.0 cm³/mol. The molecule has 2 rings (SSSR count). The summed E-state index contributed by atoms with van der Waals surface area (Å²) in [6, 6.07) is 0. The van der Waals surface area contributed by atoms with Crippen molar-refractivity contribution in [3.8, 4) is 0 Å². The van der Waals surface area contributed by atoms with Gasteiger partial charge in [0.1, 0.15) is 16.8 Å². The molecule has 0 aromatic carbocycles. The third-order valence-corrected chi connectivity index (χ3v) is 4.52. The Kier molecular flexibility index (Phi) is 4.09. The van der Waals surface area contributed by atoms with Crippen molar-refractivity contribution in [2.24, 2.45) is 5.41 Å². The fraction of sp³-hybridized carbons (Fsp3) is 0.643. The minimum absolute atomic E-state index is 0.251. The molecule has 5 heteroatoms. The first-order valence-corrected chi connectivity index (χ1v) is 7.11. The number of carbonyl (C=O) groups excluding carboxylic acids is 1. The van der Waals surface area contributed by atoms with Gasteiger partial charge in [-0.2, -0.15) is 0 Å². The molecule has 0 N–H and O–H groups in total. The predicted octanol–water partition coefficient (Wildman–Crippen LogP) is 3.27. The van der Waals surface area contributed by atoms with E-state index in [-0.39, 0.29) is 5.15 Å². The first-order chi connectivity index (χ1) is 8.99. The molecular weight excluding hydrogens is 262 g/mol. The highest BCUT2D eigenvalue weighted by Gasteiger charge is 2.30. The van der Waals surface area contributed by atoms with Gasteiger partial charge in [0.25, 0.3) is 0 Å². The molecule has 1 aliphatic heterocycles. The average molecular weight is 282 g/mol. The Morgan fingerprint density at radius 3 is 2.53 bits per heavy atom. The van der Waals surface area contributed by atoms with Gasteiger partial charge in [0, 0.05) is 13.1 Å². The van der Waals surface area contributed by atoms with Gasteiger partial charge in [0.05, 0.1) is 5.56 Å². The molecular formula is C14H20ClN3O. The van der Waals surface area contributed by atoms with Crippen LogP contribution in [-0.4, -0.2) is 29.3 Å². The standard InChI is InChI=1S/C14H20ClN3O/c1-4-14(3)5-7-18(8-6-14)13-11(9-19)12(15)16-10(2)17-13/h9H,4-8H2,1-3H3. The summed E-state index contributed by atoms with van der Waals surface area (Å²) in [7, 11) is 0. The van der Waals surface area contributed by atoms with Crippen molar-refractivity contribution >= 4 is 23.7 Å². The van der Waals surface area contributed by atoms with Gasteiger partial charge in [-0.25, -0.2) is 9.97 Å². The summed E-state index contributed by atoms with van der Waals surface area (Å²) in [6.07, 6.45) is 4.17. The van der Waals surface area contributed by atoms with Crippen LogP contribution in [0.2, 0.25) is 5.15 Å². The molecule has 0 bridgehead atoms. The monoisotopic (exact) mass is 281 g/mol. The van der Waals surface area contributed by atoms with E-state index in [4.69, 9.17) is 11.6 Å². The second-order valence-electron chi connectivity index (χ2n) is 5.57. The van der Waals surface area contributed by atoms with Gasteiger partial charge in [-0.15, -0.1) is 0 Å². The molecule has 2 heterocycles. The lowest BCUT2D eigenvalue weighted by atomic mass is 9.78. The summed E-state index contributed by atoms with van der Waals surface area (Å²) in [4.78, 5) is 21.8. The lowest BCUT2D eigenvalue weighted by Gasteiger charge is -2.39.